The van der Waals surface area contributed by atoms with Crippen molar-refractivity contribution in [2.24, 2.45) is 7.05 Å². The van der Waals surface area contributed by atoms with E-state index in [0.717, 1.165) is 0 Å². The summed E-state index contributed by atoms with van der Waals surface area (Å²) < 4.78 is 6.36. The van der Waals surface area contributed by atoms with Crippen LogP contribution in [-0.4, -0.2) is 16.3 Å². The molecule has 0 aliphatic heterocycles. The summed E-state index contributed by atoms with van der Waals surface area (Å²) in [6, 6.07) is 4.87. The monoisotopic (exact) mass is 248 g/mol. The molecule has 1 N–H and O–H groups in total. The first-order valence-corrected chi connectivity index (χ1v) is 5.36. The number of hydrogen-bond acceptors (Lipinski definition) is 4. The first-order valence-electron chi connectivity index (χ1n) is 5.36. The maximum atomic E-state index is 11.4. The topological polar surface area (TPSA) is 81.3 Å². The Morgan fingerprint density at radius 3 is 2.78 bits per heavy atom. The van der Waals surface area contributed by atoms with E-state index >= 15 is 0 Å². The summed E-state index contributed by atoms with van der Waals surface area (Å²) in [5.74, 6) is -1.06. The van der Waals surface area contributed by atoms with E-state index in [1.54, 1.807) is 25.2 Å². The average molecular weight is 248 g/mol. The Balaban J connectivity index is 2.28. The van der Waals surface area contributed by atoms with Gasteiger partial charge < -0.3 is 9.73 Å². The molecule has 0 atom stereocenters. The third-order valence-corrected chi connectivity index (χ3v) is 2.49. The summed E-state index contributed by atoms with van der Waals surface area (Å²) in [6.07, 6.45) is -0.170. The molecule has 0 spiro atoms. The number of ketones is 1. The summed E-state index contributed by atoms with van der Waals surface area (Å²) in [5.41, 5.74) is 1.52. The van der Waals surface area contributed by atoms with Gasteiger partial charge in [0.2, 0.25) is 5.91 Å². The maximum Gasteiger partial charge on any atom is 0.419 e. The molecule has 0 bridgehead atoms. The number of aryl methyl sites for hydroxylation is 1. The van der Waals surface area contributed by atoms with Crippen LogP contribution in [0.25, 0.3) is 11.1 Å². The van der Waals surface area contributed by atoms with Gasteiger partial charge in [-0.05, 0) is 19.1 Å². The fourth-order valence-electron chi connectivity index (χ4n) is 1.64. The molecule has 6 nitrogen and oxygen atoms in total. The van der Waals surface area contributed by atoms with Crippen LogP contribution in [0.3, 0.4) is 0 Å². The Morgan fingerprint density at radius 1 is 1.39 bits per heavy atom. The quantitative estimate of drug-likeness (QED) is 0.823. The van der Waals surface area contributed by atoms with E-state index in [0.29, 0.717) is 16.8 Å². The second kappa shape index (κ2) is 4.48. The number of anilines is 1. The van der Waals surface area contributed by atoms with Crippen molar-refractivity contribution in [3.8, 4) is 0 Å². The summed E-state index contributed by atoms with van der Waals surface area (Å²) in [5, 5.41) is 2.56. The van der Waals surface area contributed by atoms with E-state index in [4.69, 9.17) is 4.42 Å². The minimum atomic E-state index is -0.461. The zero-order chi connectivity index (χ0) is 13.3. The molecule has 0 saturated carbocycles. The zero-order valence-corrected chi connectivity index (χ0v) is 10.0. The highest BCUT2D eigenvalue weighted by atomic mass is 16.4. The van der Waals surface area contributed by atoms with E-state index in [1.165, 1.54) is 11.5 Å². The van der Waals surface area contributed by atoms with Crippen LogP contribution in [0, 0.1) is 0 Å². The number of nitrogens with zero attached hydrogens (tertiary/aromatic N) is 1. The van der Waals surface area contributed by atoms with Crippen LogP contribution in [0.5, 0.6) is 0 Å². The molecule has 1 amide bonds. The van der Waals surface area contributed by atoms with E-state index < -0.39 is 5.76 Å². The Kier molecular flexibility index (Phi) is 3.01. The number of carbonyl (C=O) groups excluding carboxylic acids is 2. The normalized spacial score (nSPS) is 10.6. The molecule has 0 aliphatic rings. The predicted octanol–water partition coefficient (Wildman–Crippen LogP) is 1.05. The Morgan fingerprint density at radius 2 is 2.11 bits per heavy atom. The third kappa shape index (κ3) is 2.32. The Hall–Kier alpha value is -2.37. The molecule has 0 unspecified atom stereocenters. The fraction of sp³-hybridized carbons (Fsp3) is 0.250. The van der Waals surface area contributed by atoms with Gasteiger partial charge in [-0.25, -0.2) is 4.79 Å². The largest absolute Gasteiger partial charge is 0.419 e. The molecule has 1 aromatic carbocycles. The van der Waals surface area contributed by atoms with E-state index in [2.05, 4.69) is 5.32 Å². The SMILES string of the molecule is CC(=O)CC(=O)Nc1ccc2c(c1)oc(=O)n2C. The lowest BCUT2D eigenvalue weighted by Gasteiger charge is -2.03. The van der Waals surface area contributed by atoms with Gasteiger partial charge >= 0.3 is 5.76 Å². The number of carbonyl (C=O) groups is 2. The molecule has 0 saturated heterocycles. The lowest BCUT2D eigenvalue weighted by atomic mass is 10.2. The lowest BCUT2D eigenvalue weighted by Crippen LogP contribution is -2.14. The average Bonchev–Trinajstić information content (AvgIpc) is 2.53. The maximum absolute atomic E-state index is 11.4. The van der Waals surface area contributed by atoms with Crippen molar-refractivity contribution in [1.82, 2.24) is 4.57 Å². The highest BCUT2D eigenvalue weighted by Crippen LogP contribution is 2.17. The molecule has 18 heavy (non-hydrogen) atoms. The molecular formula is C12H12N2O4. The first kappa shape index (κ1) is 12.1. The highest BCUT2D eigenvalue weighted by Gasteiger charge is 2.09. The number of oxazole rings is 1. The van der Waals surface area contributed by atoms with Gasteiger partial charge in [0.05, 0.1) is 11.9 Å². The van der Waals surface area contributed by atoms with Crippen molar-refractivity contribution in [3.05, 3.63) is 28.7 Å². The number of benzene rings is 1. The van der Waals surface area contributed by atoms with Gasteiger partial charge in [-0.1, -0.05) is 0 Å². The number of fused-ring (bicyclic) bond motifs is 1. The molecule has 94 valence electrons. The van der Waals surface area contributed by atoms with Gasteiger partial charge in [0, 0.05) is 18.8 Å². The van der Waals surface area contributed by atoms with Crippen LogP contribution in [0.4, 0.5) is 5.69 Å². The molecular weight excluding hydrogens is 236 g/mol. The Labute approximate surface area is 102 Å². The van der Waals surface area contributed by atoms with E-state index in [9.17, 15) is 14.4 Å². The lowest BCUT2D eigenvalue weighted by molar-refractivity contribution is -0.124. The molecule has 1 heterocycles. The summed E-state index contributed by atoms with van der Waals surface area (Å²) >= 11 is 0. The number of aromatic nitrogens is 1. The van der Waals surface area contributed by atoms with E-state index in [1.807, 2.05) is 0 Å². The molecule has 2 aromatic rings. The van der Waals surface area contributed by atoms with E-state index in [-0.39, 0.29) is 18.1 Å². The highest BCUT2D eigenvalue weighted by molar-refractivity contribution is 6.04. The van der Waals surface area contributed by atoms with Crippen LogP contribution in [0.15, 0.2) is 27.4 Å². The standard InChI is InChI=1S/C12H12N2O4/c1-7(15)5-11(16)13-8-3-4-9-10(6-8)18-12(17)14(9)2/h3-4,6H,5H2,1-2H3,(H,13,16). The third-order valence-electron chi connectivity index (χ3n) is 2.49. The zero-order valence-electron chi connectivity index (χ0n) is 10.0. The van der Waals surface area contributed by atoms with Crippen molar-refractivity contribution >= 4 is 28.5 Å². The number of amides is 1. The molecule has 1 aromatic heterocycles. The van der Waals surface area contributed by atoms with Gasteiger partial charge in [-0.2, -0.15) is 0 Å². The fourth-order valence-corrected chi connectivity index (χ4v) is 1.64. The minimum absolute atomic E-state index is 0.170. The molecule has 0 fully saturated rings. The van der Waals surface area contributed by atoms with Crippen LogP contribution in [0.1, 0.15) is 13.3 Å². The number of nitrogens with one attached hydrogen (secondary N) is 1. The van der Waals surface area contributed by atoms with Gasteiger partial charge in [0.25, 0.3) is 0 Å². The smallest absolute Gasteiger partial charge is 0.408 e. The van der Waals surface area contributed by atoms with Crippen LogP contribution >= 0.6 is 0 Å². The molecule has 0 radical (unpaired) electrons. The molecule has 2 rings (SSSR count). The summed E-state index contributed by atoms with van der Waals surface area (Å²) in [7, 11) is 1.60. The number of Topliss-reactive ketones (excluding diaryl/α,β-unsaturated/α-hetero) is 1. The van der Waals surface area contributed by atoms with Crippen LogP contribution < -0.4 is 11.1 Å². The van der Waals surface area contributed by atoms with Crippen LogP contribution in [-0.2, 0) is 16.6 Å². The van der Waals surface area contributed by atoms with Crippen molar-refractivity contribution in [1.29, 1.82) is 0 Å². The van der Waals surface area contributed by atoms with Crippen molar-refractivity contribution in [2.75, 3.05) is 5.32 Å². The van der Waals surface area contributed by atoms with Gasteiger partial charge in [0.15, 0.2) is 5.58 Å². The van der Waals surface area contributed by atoms with Crippen molar-refractivity contribution in [3.63, 3.8) is 0 Å². The Bertz CT molecular complexity index is 681. The minimum Gasteiger partial charge on any atom is -0.408 e. The van der Waals surface area contributed by atoms with Gasteiger partial charge in [-0.15, -0.1) is 0 Å². The van der Waals surface area contributed by atoms with Gasteiger partial charge in [0.1, 0.15) is 5.78 Å². The molecule has 0 aliphatic carbocycles. The van der Waals surface area contributed by atoms with Crippen LogP contribution in [0.2, 0.25) is 0 Å². The molecule has 6 heteroatoms. The second-order valence-electron chi connectivity index (χ2n) is 4.04. The first-order chi connectivity index (χ1) is 8.47. The predicted molar refractivity (Wildman–Crippen MR) is 65.4 cm³/mol. The number of hydrogen-bond donors (Lipinski definition) is 1. The second-order valence-corrected chi connectivity index (χ2v) is 4.04. The summed E-state index contributed by atoms with van der Waals surface area (Å²) in [4.78, 5) is 33.5. The number of rotatable bonds is 3. The van der Waals surface area contributed by atoms with Gasteiger partial charge in [-0.3, -0.25) is 14.2 Å². The van der Waals surface area contributed by atoms with Crippen molar-refractivity contribution < 1.29 is 14.0 Å². The van der Waals surface area contributed by atoms with Crippen molar-refractivity contribution in [2.45, 2.75) is 13.3 Å². The summed E-state index contributed by atoms with van der Waals surface area (Å²) in [6.45, 7) is 1.35.